The van der Waals surface area contributed by atoms with Crippen LogP contribution < -0.4 is 10.9 Å². The first-order chi connectivity index (χ1) is 9.83. The molecule has 1 heterocycles. The van der Waals surface area contributed by atoms with Crippen LogP contribution in [0.2, 0.25) is 0 Å². The number of hydrogen-bond acceptors (Lipinski definition) is 4. The molecule has 0 amide bonds. The van der Waals surface area contributed by atoms with Crippen molar-refractivity contribution in [3.8, 4) is 0 Å². The Kier molecular flexibility index (Phi) is 4.85. The molecule has 2 N–H and O–H groups in total. The van der Waals surface area contributed by atoms with Gasteiger partial charge >= 0.3 is 0 Å². The lowest BCUT2D eigenvalue weighted by Gasteiger charge is -2.21. The lowest BCUT2D eigenvalue weighted by Crippen LogP contribution is -2.35. The van der Waals surface area contributed by atoms with E-state index < -0.39 is 0 Å². The minimum atomic E-state index is -0.129. The summed E-state index contributed by atoms with van der Waals surface area (Å²) in [6.07, 6.45) is 1.52. The molecule has 4 nitrogen and oxygen atoms in total. The first kappa shape index (κ1) is 15.8. The minimum Gasteiger partial charge on any atom is -0.308 e. The van der Waals surface area contributed by atoms with Crippen LogP contribution in [0.15, 0.2) is 45.3 Å². The monoisotopic (exact) mass is 303 g/mol. The molecule has 112 valence electrons. The third-order valence-electron chi connectivity index (χ3n) is 2.99. The van der Waals surface area contributed by atoms with Crippen molar-refractivity contribution in [3.05, 3.63) is 51.9 Å². The molecule has 0 aliphatic heterocycles. The van der Waals surface area contributed by atoms with Gasteiger partial charge in [0.2, 0.25) is 0 Å². The van der Waals surface area contributed by atoms with E-state index in [1.165, 1.54) is 35.2 Å². The van der Waals surface area contributed by atoms with Gasteiger partial charge in [0.05, 0.1) is 0 Å². The molecule has 0 atom stereocenters. The van der Waals surface area contributed by atoms with Crippen LogP contribution in [0.4, 0.5) is 0 Å². The van der Waals surface area contributed by atoms with Gasteiger partial charge in [-0.15, -0.1) is 0 Å². The molecular formula is C16H21N3OS. The van der Waals surface area contributed by atoms with E-state index in [1.807, 2.05) is 0 Å². The molecule has 2 rings (SSSR count). The molecule has 5 heteroatoms. The topological polar surface area (TPSA) is 57.8 Å². The molecule has 2 aromatic rings. The van der Waals surface area contributed by atoms with Crippen LogP contribution >= 0.6 is 11.8 Å². The Morgan fingerprint density at radius 2 is 2.05 bits per heavy atom. The summed E-state index contributed by atoms with van der Waals surface area (Å²) in [6, 6.07) is 7.72. The molecule has 0 saturated carbocycles. The van der Waals surface area contributed by atoms with Crippen LogP contribution in [-0.2, 0) is 6.54 Å². The average molecular weight is 303 g/mol. The van der Waals surface area contributed by atoms with Gasteiger partial charge in [-0.25, -0.2) is 4.98 Å². The standard InChI is InChI=1S/C16H21N3OS/c1-11-9-13(21-15-17-8-7-14(20)19-15)6-5-12(11)10-18-16(2,3)4/h5-9,18H,10H2,1-4H3,(H,17,19,20). The van der Waals surface area contributed by atoms with Crippen LogP contribution in [0.1, 0.15) is 31.9 Å². The lowest BCUT2D eigenvalue weighted by atomic mass is 10.1. The molecule has 0 aliphatic rings. The molecule has 0 fully saturated rings. The number of aromatic nitrogens is 2. The third kappa shape index (κ3) is 5.02. The Labute approximate surface area is 129 Å². The normalized spacial score (nSPS) is 11.6. The number of aryl methyl sites for hydroxylation is 1. The van der Waals surface area contributed by atoms with Gasteiger partial charge in [0, 0.05) is 29.2 Å². The van der Waals surface area contributed by atoms with Gasteiger partial charge in [-0.05, 0) is 51.0 Å². The zero-order chi connectivity index (χ0) is 15.5. The predicted octanol–water partition coefficient (Wildman–Crippen LogP) is 3.12. The number of benzene rings is 1. The van der Waals surface area contributed by atoms with Crippen LogP contribution in [-0.4, -0.2) is 15.5 Å². The zero-order valence-electron chi connectivity index (χ0n) is 12.9. The van der Waals surface area contributed by atoms with Crippen LogP contribution in [0.25, 0.3) is 0 Å². The van der Waals surface area contributed by atoms with Gasteiger partial charge in [-0.2, -0.15) is 0 Å². The van der Waals surface area contributed by atoms with Gasteiger partial charge in [-0.3, -0.25) is 4.79 Å². The van der Waals surface area contributed by atoms with Crippen LogP contribution in [0.3, 0.4) is 0 Å². The van der Waals surface area contributed by atoms with Gasteiger partial charge in [-0.1, -0.05) is 17.8 Å². The van der Waals surface area contributed by atoms with Crippen molar-refractivity contribution in [2.45, 2.75) is 49.8 Å². The third-order valence-corrected chi connectivity index (χ3v) is 3.88. The average Bonchev–Trinajstić information content (AvgIpc) is 2.36. The summed E-state index contributed by atoms with van der Waals surface area (Å²) < 4.78 is 0. The number of aromatic amines is 1. The molecule has 0 radical (unpaired) electrons. The van der Waals surface area contributed by atoms with Crippen LogP contribution in [0, 0.1) is 6.92 Å². The molecule has 0 spiro atoms. The Hall–Kier alpha value is -1.59. The van der Waals surface area contributed by atoms with E-state index in [1.54, 1.807) is 0 Å². The number of rotatable bonds is 4. The van der Waals surface area contributed by atoms with Crippen molar-refractivity contribution in [2.75, 3.05) is 0 Å². The minimum absolute atomic E-state index is 0.104. The Morgan fingerprint density at radius 3 is 2.67 bits per heavy atom. The number of nitrogens with zero attached hydrogens (tertiary/aromatic N) is 1. The molecule has 0 unspecified atom stereocenters. The SMILES string of the molecule is Cc1cc(Sc2nccc(=O)[nH]2)ccc1CNC(C)(C)C. The van der Waals surface area contributed by atoms with E-state index in [9.17, 15) is 4.79 Å². The van der Waals surface area contributed by atoms with Crippen LogP contribution in [0.5, 0.6) is 0 Å². The highest BCUT2D eigenvalue weighted by atomic mass is 32.2. The van der Waals surface area contributed by atoms with E-state index in [0.29, 0.717) is 5.16 Å². The zero-order valence-corrected chi connectivity index (χ0v) is 13.7. The fourth-order valence-corrected chi connectivity index (χ4v) is 2.67. The van der Waals surface area contributed by atoms with Gasteiger partial charge in [0.25, 0.3) is 5.56 Å². The quantitative estimate of drug-likeness (QED) is 0.852. The maximum atomic E-state index is 11.3. The van der Waals surface area contributed by atoms with E-state index in [0.717, 1.165) is 11.4 Å². The first-order valence-corrected chi connectivity index (χ1v) is 7.73. The lowest BCUT2D eigenvalue weighted by molar-refractivity contribution is 0.424. The number of hydrogen-bond donors (Lipinski definition) is 2. The molecule has 1 aromatic carbocycles. The fraction of sp³-hybridized carbons (Fsp3) is 0.375. The molecular weight excluding hydrogens is 282 g/mol. The molecule has 1 aromatic heterocycles. The summed E-state index contributed by atoms with van der Waals surface area (Å²) in [5.41, 5.74) is 2.49. The van der Waals surface area contributed by atoms with E-state index in [2.05, 4.69) is 61.2 Å². The van der Waals surface area contributed by atoms with E-state index >= 15 is 0 Å². The second kappa shape index (κ2) is 6.45. The van der Waals surface area contributed by atoms with Gasteiger partial charge in [0.1, 0.15) is 0 Å². The highest BCUT2D eigenvalue weighted by molar-refractivity contribution is 7.99. The largest absolute Gasteiger partial charge is 0.308 e. The van der Waals surface area contributed by atoms with Crippen molar-refractivity contribution in [3.63, 3.8) is 0 Å². The van der Waals surface area contributed by atoms with Crippen molar-refractivity contribution < 1.29 is 0 Å². The summed E-state index contributed by atoms with van der Waals surface area (Å²) in [5.74, 6) is 0. The Morgan fingerprint density at radius 1 is 1.29 bits per heavy atom. The fourth-order valence-electron chi connectivity index (χ4n) is 1.81. The van der Waals surface area contributed by atoms with Gasteiger partial charge in [0.15, 0.2) is 5.16 Å². The summed E-state index contributed by atoms with van der Waals surface area (Å²) in [4.78, 5) is 19.2. The summed E-state index contributed by atoms with van der Waals surface area (Å²) in [7, 11) is 0. The summed E-state index contributed by atoms with van der Waals surface area (Å²) in [5, 5.41) is 4.10. The summed E-state index contributed by atoms with van der Waals surface area (Å²) >= 11 is 1.46. The highest BCUT2D eigenvalue weighted by Crippen LogP contribution is 2.25. The number of H-pyrrole nitrogens is 1. The molecule has 0 bridgehead atoms. The first-order valence-electron chi connectivity index (χ1n) is 6.91. The Bertz CT molecular complexity index is 674. The van der Waals surface area contributed by atoms with E-state index in [4.69, 9.17) is 0 Å². The Balaban J connectivity index is 2.10. The highest BCUT2D eigenvalue weighted by Gasteiger charge is 2.10. The molecule has 0 aliphatic carbocycles. The van der Waals surface area contributed by atoms with Crippen molar-refractivity contribution >= 4 is 11.8 Å². The van der Waals surface area contributed by atoms with Crippen molar-refractivity contribution in [1.29, 1.82) is 0 Å². The smallest absolute Gasteiger partial charge is 0.251 e. The van der Waals surface area contributed by atoms with Gasteiger partial charge < -0.3 is 10.3 Å². The van der Waals surface area contributed by atoms with Crippen molar-refractivity contribution in [1.82, 2.24) is 15.3 Å². The van der Waals surface area contributed by atoms with Crippen molar-refractivity contribution in [2.24, 2.45) is 0 Å². The molecule has 21 heavy (non-hydrogen) atoms. The number of nitrogens with one attached hydrogen (secondary N) is 2. The predicted molar refractivity (Wildman–Crippen MR) is 86.8 cm³/mol. The second-order valence-electron chi connectivity index (χ2n) is 6.03. The second-order valence-corrected chi connectivity index (χ2v) is 7.10. The molecule has 0 saturated heterocycles. The summed E-state index contributed by atoms with van der Waals surface area (Å²) in [6.45, 7) is 9.42. The maximum Gasteiger partial charge on any atom is 0.251 e. The van der Waals surface area contributed by atoms with E-state index in [-0.39, 0.29) is 11.1 Å². The maximum absolute atomic E-state index is 11.3.